The minimum Gasteiger partial charge on any atom is -0.381 e. The Morgan fingerprint density at radius 2 is 2.16 bits per heavy atom. The van der Waals surface area contributed by atoms with Crippen molar-refractivity contribution in [2.45, 2.75) is 52.0 Å². The van der Waals surface area contributed by atoms with Gasteiger partial charge in [0.05, 0.1) is 0 Å². The van der Waals surface area contributed by atoms with Gasteiger partial charge in [0, 0.05) is 42.6 Å². The van der Waals surface area contributed by atoms with E-state index in [1.807, 2.05) is 6.20 Å². The molecule has 1 fully saturated rings. The normalized spacial score (nSPS) is 18.5. The van der Waals surface area contributed by atoms with E-state index in [0.29, 0.717) is 12.0 Å². The number of ether oxygens (including phenoxy) is 1. The summed E-state index contributed by atoms with van der Waals surface area (Å²) in [6.45, 7) is 9.14. The third-order valence-corrected chi connectivity index (χ3v) is 3.79. The lowest BCUT2D eigenvalue weighted by molar-refractivity contribution is 0.0835. The van der Waals surface area contributed by atoms with Crippen molar-refractivity contribution in [1.29, 1.82) is 0 Å². The van der Waals surface area contributed by atoms with Crippen molar-refractivity contribution in [3.63, 3.8) is 0 Å². The van der Waals surface area contributed by atoms with Gasteiger partial charge >= 0.3 is 0 Å². The number of rotatable bonds is 5. The summed E-state index contributed by atoms with van der Waals surface area (Å²) in [6, 6.07) is 0.323. The Balaban J connectivity index is 2.07. The van der Waals surface area contributed by atoms with Crippen LogP contribution in [0.25, 0.3) is 0 Å². The van der Waals surface area contributed by atoms with Gasteiger partial charge in [-0.15, -0.1) is 0 Å². The van der Waals surface area contributed by atoms with Crippen LogP contribution >= 0.6 is 0 Å². The highest BCUT2D eigenvalue weighted by molar-refractivity contribution is 5.21. The molecule has 0 aliphatic carbocycles. The predicted molar refractivity (Wildman–Crippen MR) is 76.3 cm³/mol. The molecule has 4 nitrogen and oxygen atoms in total. The van der Waals surface area contributed by atoms with Crippen LogP contribution in [-0.4, -0.2) is 29.7 Å². The van der Waals surface area contributed by atoms with Gasteiger partial charge < -0.3 is 10.1 Å². The average Bonchev–Trinajstić information content (AvgIpc) is 2.45. The summed E-state index contributed by atoms with van der Waals surface area (Å²) in [6.07, 6.45) is 5.23. The monoisotopic (exact) mass is 263 g/mol. The van der Waals surface area contributed by atoms with Crippen molar-refractivity contribution >= 4 is 0 Å². The highest BCUT2D eigenvalue weighted by Gasteiger charge is 2.20. The maximum absolute atomic E-state index is 5.39. The van der Waals surface area contributed by atoms with E-state index in [1.165, 1.54) is 5.56 Å². The van der Waals surface area contributed by atoms with E-state index >= 15 is 0 Å². The molecule has 1 saturated heterocycles. The first-order valence-corrected chi connectivity index (χ1v) is 7.37. The molecule has 1 aliphatic rings. The standard InChI is InChI=1S/C15H25N3O/c1-4-7-16-11(2)14-10-17-15(18-12(14)3)13-5-8-19-9-6-13/h10-11,13,16H,4-9H2,1-3H3. The summed E-state index contributed by atoms with van der Waals surface area (Å²) in [7, 11) is 0. The van der Waals surface area contributed by atoms with Gasteiger partial charge in [0.25, 0.3) is 0 Å². The van der Waals surface area contributed by atoms with E-state index in [1.54, 1.807) is 0 Å². The molecule has 4 heteroatoms. The topological polar surface area (TPSA) is 47.0 Å². The molecule has 1 aliphatic heterocycles. The molecular formula is C15H25N3O. The first kappa shape index (κ1) is 14.4. The van der Waals surface area contributed by atoms with Crippen LogP contribution in [0.3, 0.4) is 0 Å². The van der Waals surface area contributed by atoms with Gasteiger partial charge in [-0.05, 0) is 39.7 Å². The van der Waals surface area contributed by atoms with E-state index in [-0.39, 0.29) is 0 Å². The SMILES string of the molecule is CCCNC(C)c1cnc(C2CCOCC2)nc1C. The first-order chi connectivity index (χ1) is 9.22. The largest absolute Gasteiger partial charge is 0.381 e. The Bertz CT molecular complexity index is 402. The number of aromatic nitrogens is 2. The lowest BCUT2D eigenvalue weighted by Crippen LogP contribution is -2.22. The third-order valence-electron chi connectivity index (χ3n) is 3.79. The van der Waals surface area contributed by atoms with Crippen LogP contribution in [0.1, 0.15) is 62.2 Å². The number of nitrogens with one attached hydrogen (secondary N) is 1. The fourth-order valence-electron chi connectivity index (χ4n) is 2.54. The number of hydrogen-bond donors (Lipinski definition) is 1. The Morgan fingerprint density at radius 3 is 2.79 bits per heavy atom. The smallest absolute Gasteiger partial charge is 0.131 e. The molecule has 2 heterocycles. The highest BCUT2D eigenvalue weighted by Crippen LogP contribution is 2.25. The van der Waals surface area contributed by atoms with Crippen molar-refractivity contribution in [3.05, 3.63) is 23.3 Å². The molecule has 1 unspecified atom stereocenters. The molecule has 1 aromatic heterocycles. The average molecular weight is 263 g/mol. The molecular weight excluding hydrogens is 238 g/mol. The molecule has 0 radical (unpaired) electrons. The quantitative estimate of drug-likeness (QED) is 0.887. The van der Waals surface area contributed by atoms with Crippen LogP contribution in [0, 0.1) is 6.92 Å². The summed E-state index contributed by atoms with van der Waals surface area (Å²) < 4.78 is 5.39. The summed E-state index contributed by atoms with van der Waals surface area (Å²) in [5.41, 5.74) is 2.32. The lowest BCUT2D eigenvalue weighted by atomic mass is 9.99. The molecule has 0 aromatic carbocycles. The minimum atomic E-state index is 0.323. The number of aryl methyl sites for hydroxylation is 1. The van der Waals surface area contributed by atoms with E-state index in [0.717, 1.165) is 50.5 Å². The summed E-state index contributed by atoms with van der Waals surface area (Å²) in [5.74, 6) is 1.47. The molecule has 1 N–H and O–H groups in total. The minimum absolute atomic E-state index is 0.323. The van der Waals surface area contributed by atoms with Gasteiger partial charge in [0.2, 0.25) is 0 Å². The zero-order chi connectivity index (χ0) is 13.7. The van der Waals surface area contributed by atoms with Crippen molar-refractivity contribution in [1.82, 2.24) is 15.3 Å². The lowest BCUT2D eigenvalue weighted by Gasteiger charge is -2.22. The fraction of sp³-hybridized carbons (Fsp3) is 0.733. The van der Waals surface area contributed by atoms with Crippen LogP contribution < -0.4 is 5.32 Å². The zero-order valence-corrected chi connectivity index (χ0v) is 12.3. The maximum atomic E-state index is 5.39. The molecule has 19 heavy (non-hydrogen) atoms. The van der Waals surface area contributed by atoms with Gasteiger partial charge in [0.1, 0.15) is 5.82 Å². The predicted octanol–water partition coefficient (Wildman–Crippen LogP) is 2.74. The number of nitrogens with zero attached hydrogens (tertiary/aromatic N) is 2. The highest BCUT2D eigenvalue weighted by atomic mass is 16.5. The Kier molecular flexibility index (Phi) is 5.28. The van der Waals surface area contributed by atoms with Crippen LogP contribution in [0.2, 0.25) is 0 Å². The Hall–Kier alpha value is -1.00. The fourth-order valence-corrected chi connectivity index (χ4v) is 2.54. The van der Waals surface area contributed by atoms with E-state index in [2.05, 4.69) is 31.1 Å². The van der Waals surface area contributed by atoms with Crippen molar-refractivity contribution < 1.29 is 4.74 Å². The molecule has 0 bridgehead atoms. The molecule has 0 spiro atoms. The van der Waals surface area contributed by atoms with Crippen molar-refractivity contribution in [2.24, 2.45) is 0 Å². The van der Waals surface area contributed by atoms with Crippen molar-refractivity contribution in [3.8, 4) is 0 Å². The Labute approximate surface area is 116 Å². The van der Waals surface area contributed by atoms with Gasteiger partial charge in [-0.25, -0.2) is 9.97 Å². The van der Waals surface area contributed by atoms with Gasteiger partial charge in [-0.3, -0.25) is 0 Å². The molecule has 0 saturated carbocycles. The van der Waals surface area contributed by atoms with Gasteiger partial charge in [-0.1, -0.05) is 6.92 Å². The Morgan fingerprint density at radius 1 is 1.42 bits per heavy atom. The molecule has 2 rings (SSSR count). The van der Waals surface area contributed by atoms with Gasteiger partial charge in [-0.2, -0.15) is 0 Å². The van der Waals surface area contributed by atoms with Crippen LogP contribution in [-0.2, 0) is 4.74 Å². The van der Waals surface area contributed by atoms with E-state index < -0.39 is 0 Å². The van der Waals surface area contributed by atoms with Crippen LogP contribution in [0.4, 0.5) is 0 Å². The summed E-state index contributed by atoms with van der Waals surface area (Å²) in [4.78, 5) is 9.30. The van der Waals surface area contributed by atoms with E-state index in [9.17, 15) is 0 Å². The number of hydrogen-bond acceptors (Lipinski definition) is 4. The first-order valence-electron chi connectivity index (χ1n) is 7.37. The van der Waals surface area contributed by atoms with Crippen LogP contribution in [0.5, 0.6) is 0 Å². The second kappa shape index (κ2) is 6.96. The third kappa shape index (κ3) is 3.74. The summed E-state index contributed by atoms with van der Waals surface area (Å²) >= 11 is 0. The van der Waals surface area contributed by atoms with Crippen LogP contribution in [0.15, 0.2) is 6.20 Å². The van der Waals surface area contributed by atoms with E-state index in [4.69, 9.17) is 9.72 Å². The second-order valence-electron chi connectivity index (χ2n) is 5.33. The van der Waals surface area contributed by atoms with Gasteiger partial charge in [0.15, 0.2) is 0 Å². The molecule has 1 atom stereocenters. The molecule has 1 aromatic rings. The molecule has 0 amide bonds. The zero-order valence-electron chi connectivity index (χ0n) is 12.3. The van der Waals surface area contributed by atoms with Crippen molar-refractivity contribution in [2.75, 3.05) is 19.8 Å². The summed E-state index contributed by atoms with van der Waals surface area (Å²) in [5, 5.41) is 3.49. The maximum Gasteiger partial charge on any atom is 0.131 e. The second-order valence-corrected chi connectivity index (χ2v) is 5.33. The molecule has 106 valence electrons.